The lowest BCUT2D eigenvalue weighted by Gasteiger charge is -2.24. The molecule has 0 fully saturated rings. The fourth-order valence-electron chi connectivity index (χ4n) is 12.7. The van der Waals surface area contributed by atoms with Crippen LogP contribution >= 0.6 is 0 Å². The third kappa shape index (κ3) is 32.3. The lowest BCUT2D eigenvalue weighted by molar-refractivity contribution is -0.138. The van der Waals surface area contributed by atoms with E-state index in [1.165, 1.54) is 42.6 Å². The highest BCUT2D eigenvalue weighted by Gasteiger charge is 2.35. The molecule has 0 aliphatic carbocycles. The molecule has 9 rings (SSSR count). The van der Waals surface area contributed by atoms with E-state index in [1.54, 1.807) is 24.5 Å². The standard InChI is InChI=1S/C28H36F3N7O2.C28H35F3N6O4S.C27H34F3N7O4S/c29-28(30,31)22-7-5-19(6-8-22)16-25(26(39)17-20-15-21-3-1-2-4-24(21)35-18-20)37-27(40)23(34)9-12-36-38(13-10-32)14-11-33;29-28(30,31)22-7-5-19(6-8-22)16-25(26(38)17-20-15-21-3-1-2-4-24(21)35-18-20)36-27(39)23(34)9-14-42(40,41)37(12-10-32)13-11-33;28-27(29,30)21-7-5-18(6-8-21)14-24(25(38)15-19-13-20-3-1-2-4-23(20)34-16-19)36-26(39)22(33)17-35-42(40,41)37(11-9-31)12-10-32/h1-8,15,18,23,25,36H,9-14,16-17,32-34H2,(H,37,40);1-8,15,18,23,25H,9-14,16-17,32-34H2,(H,36,39);1-8,13,16,22,24,35H,9-12,14-15,17,31-33H2,(H,36,39)/t2*23-,25+;22-,24+/m000/s1. The first-order valence-electron chi connectivity index (χ1n) is 39.4. The maximum Gasteiger partial charge on any atom is 0.416 e. The highest BCUT2D eigenvalue weighted by atomic mass is 32.2. The molecule has 0 aliphatic heterocycles. The summed E-state index contributed by atoms with van der Waals surface area (Å²) in [6.07, 6.45) is -9.30. The van der Waals surface area contributed by atoms with Gasteiger partial charge in [0.1, 0.15) is 0 Å². The number of rotatable bonds is 45. The van der Waals surface area contributed by atoms with E-state index in [0.717, 1.165) is 77.7 Å². The molecule has 0 unspecified atom stereocenters. The van der Waals surface area contributed by atoms with E-state index in [2.05, 4.69) is 41.1 Å². The Morgan fingerprint density at radius 2 is 0.677 bits per heavy atom. The van der Waals surface area contributed by atoms with Crippen LogP contribution in [0.3, 0.4) is 0 Å². The van der Waals surface area contributed by atoms with Crippen molar-refractivity contribution in [3.05, 3.63) is 232 Å². The van der Waals surface area contributed by atoms with Crippen molar-refractivity contribution in [3.63, 3.8) is 0 Å². The third-order valence-electron chi connectivity index (χ3n) is 19.4. The summed E-state index contributed by atoms with van der Waals surface area (Å²) < 4.78 is 172. The third-order valence-corrected chi connectivity index (χ3v) is 22.9. The number of carbonyl (C=O) groups excluding carboxylic acids is 6. The van der Waals surface area contributed by atoms with Gasteiger partial charge in [-0.1, -0.05) is 91.0 Å². The van der Waals surface area contributed by atoms with Crippen LogP contribution in [0.4, 0.5) is 39.5 Å². The highest BCUT2D eigenvalue weighted by Crippen LogP contribution is 2.32. The van der Waals surface area contributed by atoms with E-state index in [0.29, 0.717) is 66.1 Å². The van der Waals surface area contributed by atoms with Crippen molar-refractivity contribution in [2.24, 2.45) is 51.6 Å². The van der Waals surface area contributed by atoms with E-state index in [9.17, 15) is 85.1 Å². The van der Waals surface area contributed by atoms with Crippen molar-refractivity contribution in [1.29, 1.82) is 0 Å². The van der Waals surface area contributed by atoms with Gasteiger partial charge in [0.15, 0.2) is 17.3 Å². The van der Waals surface area contributed by atoms with Gasteiger partial charge in [0.25, 0.3) is 10.2 Å². The summed E-state index contributed by atoms with van der Waals surface area (Å²) in [5, 5.41) is 12.2. The number of sulfonamides is 1. The predicted molar refractivity (Wildman–Crippen MR) is 454 cm³/mol. The number of fused-ring (bicyclic) bond motifs is 3. The fourth-order valence-corrected chi connectivity index (χ4v) is 15.5. The zero-order chi connectivity index (χ0) is 91.0. The van der Waals surface area contributed by atoms with Gasteiger partial charge in [-0.05, 0) is 138 Å². The molecule has 0 saturated heterocycles. The number of alkyl halides is 9. The smallest absolute Gasteiger partial charge is 0.345 e. The molecule has 9 aromatic rings. The molecular formula is C83H105F9N20O10S2. The molecule has 23 N–H and O–H groups in total. The number of benzene rings is 6. The SMILES string of the molecule is NCCN(CCN)NCC[C@H](N)C(=O)N[C@H](Cc1ccc(C(F)(F)F)cc1)C(=O)Cc1cnc2ccccc2c1.NCCN(CCN)S(=O)(=O)CC[C@H](N)C(=O)N[C@H](Cc1ccc(C(F)(F)F)cc1)C(=O)Cc1cnc2ccccc2c1.NCCN(CCN)S(=O)(=O)NC[C@H](N)C(=O)N[C@H](Cc1ccc(C(F)(F)F)cc1)C(=O)Cc1cnc2ccccc2c1. The van der Waals surface area contributed by atoms with Gasteiger partial charge in [0.05, 0.1) is 75.2 Å². The minimum Gasteiger partial charge on any atom is -0.345 e. The summed E-state index contributed by atoms with van der Waals surface area (Å²) in [6.45, 7) is 2.31. The van der Waals surface area contributed by atoms with E-state index in [1.807, 2.05) is 83.9 Å². The number of aromatic nitrogens is 3. The molecule has 672 valence electrons. The van der Waals surface area contributed by atoms with Gasteiger partial charge in [0, 0.05) is 146 Å². The monoisotopic (exact) mass is 1780 g/mol. The molecular weight excluding hydrogens is 1670 g/mol. The number of hydrazine groups is 1. The van der Waals surface area contributed by atoms with Crippen molar-refractivity contribution in [2.45, 2.75) is 106 Å². The first-order chi connectivity index (χ1) is 58.8. The van der Waals surface area contributed by atoms with E-state index in [4.69, 9.17) is 51.6 Å². The van der Waals surface area contributed by atoms with Crippen LogP contribution in [0.5, 0.6) is 0 Å². The average molecular weight is 1780 g/mol. The van der Waals surface area contributed by atoms with Crippen LogP contribution in [0, 0.1) is 0 Å². The maximum atomic E-state index is 13.4. The zero-order valence-electron chi connectivity index (χ0n) is 67.7. The number of halogens is 9. The van der Waals surface area contributed by atoms with Gasteiger partial charge in [-0.25, -0.2) is 18.1 Å². The lowest BCUT2D eigenvalue weighted by Crippen LogP contribution is -2.55. The van der Waals surface area contributed by atoms with Crippen LogP contribution in [0.25, 0.3) is 32.7 Å². The molecule has 6 atom stereocenters. The van der Waals surface area contributed by atoms with Crippen LogP contribution in [0.1, 0.15) is 62.9 Å². The molecule has 3 aromatic heterocycles. The van der Waals surface area contributed by atoms with E-state index < -0.39 is 133 Å². The normalized spacial score (nSPS) is 13.6. The summed E-state index contributed by atoms with van der Waals surface area (Å²) in [5.74, 6) is -3.75. The number of carbonyl (C=O) groups is 6. The molecule has 0 radical (unpaired) electrons. The van der Waals surface area contributed by atoms with Gasteiger partial charge in [-0.2, -0.15) is 56.5 Å². The number of amides is 3. The number of Topliss-reactive ketones (excluding diaryl/α,β-unsaturated/α-hetero) is 3. The molecule has 41 heteroatoms. The van der Waals surface area contributed by atoms with Crippen molar-refractivity contribution in [1.82, 2.24) is 54.7 Å². The van der Waals surface area contributed by atoms with Crippen LogP contribution in [0.15, 0.2) is 182 Å². The van der Waals surface area contributed by atoms with Crippen LogP contribution < -0.4 is 77.7 Å². The molecule has 124 heavy (non-hydrogen) atoms. The van der Waals surface area contributed by atoms with E-state index >= 15 is 0 Å². The Kier molecular flexibility index (Phi) is 39.2. The number of nitrogens with two attached hydrogens (primary N) is 9. The largest absolute Gasteiger partial charge is 0.416 e. The Hall–Kier alpha value is -10.3. The zero-order valence-corrected chi connectivity index (χ0v) is 69.4. The number of ketones is 3. The van der Waals surface area contributed by atoms with Gasteiger partial charge in [-0.15, -0.1) is 0 Å². The predicted octanol–water partition coefficient (Wildman–Crippen LogP) is 3.37. The minimum absolute atomic E-state index is 0.00129. The molecule has 0 aliphatic rings. The van der Waals surface area contributed by atoms with Crippen LogP contribution in [0.2, 0.25) is 0 Å². The number of pyridine rings is 3. The molecule has 0 spiro atoms. The number of hydrogen-bond donors (Lipinski definition) is 14. The second kappa shape index (κ2) is 48.2. The topological polar surface area (TPSA) is 513 Å². The number of nitrogens with one attached hydrogen (secondary N) is 5. The fraction of sp³-hybridized carbons (Fsp3) is 0.386. The minimum atomic E-state index is -4.53. The molecule has 30 nitrogen and oxygen atoms in total. The quantitative estimate of drug-likeness (QED) is 0.0192. The van der Waals surface area contributed by atoms with Gasteiger partial charge in [0.2, 0.25) is 27.7 Å². The van der Waals surface area contributed by atoms with Crippen molar-refractivity contribution >= 4 is 88.0 Å². The Bertz CT molecular complexity index is 4970. The van der Waals surface area contributed by atoms with E-state index in [-0.39, 0.29) is 110 Å². The Balaban J connectivity index is 0.000000256. The van der Waals surface area contributed by atoms with Gasteiger partial charge >= 0.3 is 18.5 Å². The van der Waals surface area contributed by atoms with Crippen molar-refractivity contribution in [2.75, 3.05) is 97.4 Å². The highest BCUT2D eigenvalue weighted by molar-refractivity contribution is 7.89. The van der Waals surface area contributed by atoms with Crippen LogP contribution in [-0.2, 0) is 106 Å². The van der Waals surface area contributed by atoms with Gasteiger partial charge < -0.3 is 67.6 Å². The summed E-state index contributed by atoms with van der Waals surface area (Å²) in [7, 11) is -7.84. The Labute approximate surface area is 711 Å². The number of para-hydroxylation sites is 3. The Morgan fingerprint density at radius 3 is 0.992 bits per heavy atom. The first kappa shape index (κ1) is 101. The molecule has 3 amide bonds. The summed E-state index contributed by atoms with van der Waals surface area (Å²) in [5.41, 5.74) is 57.1. The van der Waals surface area contributed by atoms with Crippen molar-refractivity contribution < 1.29 is 85.1 Å². The molecule has 0 bridgehead atoms. The molecule has 6 aromatic carbocycles. The first-order valence-corrected chi connectivity index (χ1v) is 42.5. The number of nitrogens with zero attached hydrogens (tertiary/aromatic N) is 6. The van der Waals surface area contributed by atoms with Crippen LogP contribution in [-0.4, -0.2) is 214 Å². The van der Waals surface area contributed by atoms with Gasteiger partial charge in [-0.3, -0.25) is 49.1 Å². The maximum absolute atomic E-state index is 13.4. The average Bonchev–Trinajstić information content (AvgIpc) is 0.833. The van der Waals surface area contributed by atoms with Crippen molar-refractivity contribution in [3.8, 4) is 0 Å². The lowest BCUT2D eigenvalue weighted by atomic mass is 9.96. The summed E-state index contributed by atoms with van der Waals surface area (Å²) >= 11 is 0. The summed E-state index contributed by atoms with van der Waals surface area (Å²) in [4.78, 5) is 92.1. The Morgan fingerprint density at radius 1 is 0.379 bits per heavy atom. The second-order valence-corrected chi connectivity index (χ2v) is 32.8. The summed E-state index contributed by atoms with van der Waals surface area (Å²) in [6, 6.07) is 33.7. The molecule has 3 heterocycles. The molecule has 0 saturated carbocycles. The number of hydrogen-bond acceptors (Lipinski definition) is 24. The second-order valence-electron chi connectivity index (χ2n) is 28.9.